The number of hydrogen-bond donors (Lipinski definition) is 1. The van der Waals surface area contributed by atoms with Crippen LogP contribution in [-0.4, -0.2) is 46.2 Å². The highest BCUT2D eigenvalue weighted by molar-refractivity contribution is 5.83. The van der Waals surface area contributed by atoms with Gasteiger partial charge in [-0.25, -0.2) is 0 Å². The summed E-state index contributed by atoms with van der Waals surface area (Å²) in [4.78, 5) is 14.7. The predicted octanol–water partition coefficient (Wildman–Crippen LogP) is 2.91. The Kier molecular flexibility index (Phi) is 3.35. The number of nitrogens with one attached hydrogen (secondary N) is 1. The van der Waals surface area contributed by atoms with Crippen LogP contribution in [0.2, 0.25) is 0 Å². The monoisotopic (exact) mass is 380 g/mol. The lowest BCUT2D eigenvalue weighted by molar-refractivity contribution is -0.133. The molecule has 2 aromatic rings. The van der Waals surface area contributed by atoms with Gasteiger partial charge in [-0.2, -0.15) is 0 Å². The van der Waals surface area contributed by atoms with Gasteiger partial charge in [-0.15, -0.1) is 5.10 Å². The first-order chi connectivity index (χ1) is 13.6. The van der Waals surface area contributed by atoms with Crippen LogP contribution in [0.15, 0.2) is 28.7 Å². The van der Waals surface area contributed by atoms with Crippen LogP contribution in [-0.2, 0) is 4.79 Å². The van der Waals surface area contributed by atoms with Crippen molar-refractivity contribution in [2.75, 3.05) is 18.4 Å². The van der Waals surface area contributed by atoms with Crippen molar-refractivity contribution in [1.82, 2.24) is 15.1 Å². The molecule has 1 saturated heterocycles. The first-order valence-electron chi connectivity index (χ1n) is 10.3. The summed E-state index contributed by atoms with van der Waals surface area (Å²) in [6, 6.07) is 8.04. The van der Waals surface area contributed by atoms with Crippen molar-refractivity contribution in [3.63, 3.8) is 0 Å². The molecular weight excluding hydrogens is 356 g/mol. The van der Waals surface area contributed by atoms with Gasteiger partial charge in [0.05, 0.1) is 5.92 Å². The average molecular weight is 380 g/mol. The molecule has 6 rings (SSSR count). The zero-order valence-corrected chi connectivity index (χ0v) is 15.9. The lowest BCUT2D eigenvalue weighted by Gasteiger charge is -2.33. The molecule has 0 radical (unpaired) electrons. The van der Waals surface area contributed by atoms with Gasteiger partial charge in [-0.1, -0.05) is 23.3 Å². The molecule has 2 aliphatic heterocycles. The van der Waals surface area contributed by atoms with E-state index in [1.807, 2.05) is 30.0 Å². The number of piperidine rings is 1. The summed E-state index contributed by atoms with van der Waals surface area (Å²) in [5, 5.41) is 11.4. The summed E-state index contributed by atoms with van der Waals surface area (Å²) in [6.07, 6.45) is 5.05. The van der Waals surface area contributed by atoms with E-state index in [4.69, 9.17) is 9.15 Å². The molecule has 1 aromatic carbocycles. The second-order valence-electron chi connectivity index (χ2n) is 8.81. The fourth-order valence-electron chi connectivity index (χ4n) is 4.93. The van der Waals surface area contributed by atoms with Crippen molar-refractivity contribution in [2.24, 2.45) is 5.41 Å². The molecule has 3 fully saturated rings. The van der Waals surface area contributed by atoms with Gasteiger partial charge in [-0.05, 0) is 44.1 Å². The van der Waals surface area contributed by atoms with Crippen LogP contribution in [0.1, 0.15) is 55.9 Å². The number of anilines is 1. The zero-order chi connectivity index (χ0) is 18.9. The minimum Gasteiger partial charge on any atom is -0.489 e. The Morgan fingerprint density at radius 2 is 1.96 bits per heavy atom. The van der Waals surface area contributed by atoms with E-state index in [1.165, 1.54) is 18.4 Å². The van der Waals surface area contributed by atoms with Crippen LogP contribution in [0.3, 0.4) is 0 Å². The third kappa shape index (κ3) is 2.52. The Bertz CT molecular complexity index is 927. The molecule has 2 aliphatic carbocycles. The number of likely N-dealkylation sites (tertiary alicyclic amines) is 1. The van der Waals surface area contributed by atoms with Gasteiger partial charge in [0.1, 0.15) is 17.9 Å². The molecule has 28 heavy (non-hydrogen) atoms. The highest BCUT2D eigenvalue weighted by Crippen LogP contribution is 2.62. The maximum atomic E-state index is 12.7. The number of carbonyl (C=O) groups is 1. The molecule has 7 nitrogen and oxygen atoms in total. The van der Waals surface area contributed by atoms with E-state index in [2.05, 4.69) is 21.6 Å². The van der Waals surface area contributed by atoms with Gasteiger partial charge in [-0.3, -0.25) is 4.79 Å². The molecule has 4 atom stereocenters. The lowest BCUT2D eigenvalue weighted by atomic mass is 9.93. The number of benzene rings is 1. The maximum Gasteiger partial charge on any atom is 0.316 e. The Morgan fingerprint density at radius 1 is 1.18 bits per heavy atom. The first kappa shape index (κ1) is 16.4. The second-order valence-corrected chi connectivity index (χ2v) is 8.81. The van der Waals surface area contributed by atoms with E-state index in [1.54, 1.807) is 0 Å². The fraction of sp³-hybridized carbons (Fsp3) is 0.571. The molecule has 1 amide bonds. The highest BCUT2D eigenvalue weighted by atomic mass is 16.5. The Labute approximate surface area is 163 Å². The van der Waals surface area contributed by atoms with Crippen LogP contribution in [0, 0.1) is 5.41 Å². The molecule has 7 heteroatoms. The van der Waals surface area contributed by atoms with Crippen molar-refractivity contribution in [3.05, 3.63) is 35.7 Å². The predicted molar refractivity (Wildman–Crippen MR) is 101 cm³/mol. The summed E-state index contributed by atoms with van der Waals surface area (Å²) >= 11 is 0. The van der Waals surface area contributed by atoms with Crippen molar-refractivity contribution < 1.29 is 13.9 Å². The molecule has 0 bridgehead atoms. The van der Waals surface area contributed by atoms with Crippen molar-refractivity contribution >= 4 is 11.9 Å². The molecule has 4 aliphatic rings. The van der Waals surface area contributed by atoms with Gasteiger partial charge >= 0.3 is 6.01 Å². The smallest absolute Gasteiger partial charge is 0.316 e. The number of amides is 1. The summed E-state index contributed by atoms with van der Waals surface area (Å²) in [6.45, 7) is 3.59. The summed E-state index contributed by atoms with van der Waals surface area (Å²) in [5.74, 6) is 2.06. The van der Waals surface area contributed by atoms with Crippen LogP contribution in [0.5, 0.6) is 5.75 Å². The molecule has 0 unspecified atom stereocenters. The van der Waals surface area contributed by atoms with Crippen LogP contribution < -0.4 is 10.1 Å². The second kappa shape index (κ2) is 5.72. The number of carbonyl (C=O) groups excluding carboxylic acids is 1. The van der Waals surface area contributed by atoms with Gasteiger partial charge in [0.25, 0.3) is 0 Å². The number of ether oxygens (including phenoxy) is 1. The number of hydrogen-bond acceptors (Lipinski definition) is 6. The fourth-order valence-corrected chi connectivity index (χ4v) is 4.93. The van der Waals surface area contributed by atoms with E-state index < -0.39 is 0 Å². The van der Waals surface area contributed by atoms with Gasteiger partial charge < -0.3 is 19.4 Å². The van der Waals surface area contributed by atoms with Crippen LogP contribution in [0.25, 0.3) is 0 Å². The summed E-state index contributed by atoms with van der Waals surface area (Å²) < 4.78 is 11.8. The van der Waals surface area contributed by atoms with Gasteiger partial charge in [0.2, 0.25) is 11.8 Å². The molecule has 3 heterocycles. The van der Waals surface area contributed by atoms with Gasteiger partial charge in [0, 0.05) is 24.6 Å². The number of aromatic nitrogens is 2. The van der Waals surface area contributed by atoms with Gasteiger partial charge in [0.15, 0.2) is 0 Å². The van der Waals surface area contributed by atoms with E-state index in [0.29, 0.717) is 23.2 Å². The van der Waals surface area contributed by atoms with E-state index in [9.17, 15) is 4.79 Å². The third-order valence-corrected chi connectivity index (χ3v) is 7.02. The van der Waals surface area contributed by atoms with E-state index >= 15 is 0 Å². The van der Waals surface area contributed by atoms with E-state index in [-0.39, 0.29) is 24.0 Å². The minimum atomic E-state index is -0.378. The quantitative estimate of drug-likeness (QED) is 0.878. The standard InChI is InChI=1S/C21H24N4O3/c1-12(19(26)25-10-8-21(6-7-21)9-11-25)22-20-24-23-18(28-20)16-15-13-4-2-3-5-14(13)27-17(15)16/h2-5,12,15-17H,6-11H2,1H3,(H,22,24)/t12-,15+,16-,17+/m0/s1. The molecule has 1 spiro atoms. The van der Waals surface area contributed by atoms with Crippen molar-refractivity contribution in [3.8, 4) is 5.75 Å². The maximum absolute atomic E-state index is 12.7. The number of rotatable bonds is 4. The molecule has 2 saturated carbocycles. The lowest BCUT2D eigenvalue weighted by Crippen LogP contribution is -2.45. The van der Waals surface area contributed by atoms with Crippen molar-refractivity contribution in [2.45, 2.75) is 56.6 Å². The largest absolute Gasteiger partial charge is 0.489 e. The molecular formula is C21H24N4O3. The van der Waals surface area contributed by atoms with Crippen molar-refractivity contribution in [1.29, 1.82) is 0 Å². The highest BCUT2D eigenvalue weighted by Gasteiger charge is 2.62. The van der Waals surface area contributed by atoms with E-state index in [0.717, 1.165) is 31.7 Å². The Morgan fingerprint density at radius 3 is 2.75 bits per heavy atom. The number of fused-ring (bicyclic) bond motifs is 3. The van der Waals surface area contributed by atoms with Crippen LogP contribution >= 0.6 is 0 Å². The molecule has 1 N–H and O–H groups in total. The minimum absolute atomic E-state index is 0.0906. The first-order valence-corrected chi connectivity index (χ1v) is 10.3. The Hall–Kier alpha value is -2.57. The molecule has 146 valence electrons. The number of nitrogens with zero attached hydrogens (tertiary/aromatic N) is 3. The zero-order valence-electron chi connectivity index (χ0n) is 15.9. The Balaban J connectivity index is 1.09. The SMILES string of the molecule is C[C@H](Nc1nnc([C@@H]2[C@@H]3Oc4ccccc4[C@@H]32)o1)C(=O)N1CCC2(CC1)CC2. The topological polar surface area (TPSA) is 80.5 Å². The summed E-state index contributed by atoms with van der Waals surface area (Å²) in [5.41, 5.74) is 1.78. The van der Waals surface area contributed by atoms with Crippen LogP contribution in [0.4, 0.5) is 6.01 Å². The molecule has 1 aromatic heterocycles. The normalized spacial score (nSPS) is 29.6. The summed E-state index contributed by atoms with van der Waals surface area (Å²) in [7, 11) is 0. The third-order valence-electron chi connectivity index (χ3n) is 7.02. The average Bonchev–Trinajstić information content (AvgIpc) is 3.52. The number of para-hydroxylation sites is 1.